The zero-order valence-corrected chi connectivity index (χ0v) is 19.6. The summed E-state index contributed by atoms with van der Waals surface area (Å²) in [6, 6.07) is 8.19. The highest BCUT2D eigenvalue weighted by Gasteiger charge is 2.24. The highest BCUT2D eigenvalue weighted by atomic mass is 16.5. The summed E-state index contributed by atoms with van der Waals surface area (Å²) >= 11 is 0. The Morgan fingerprint density at radius 1 is 1.03 bits per heavy atom. The van der Waals surface area contributed by atoms with E-state index in [1.807, 2.05) is 58.9 Å². The third-order valence-corrected chi connectivity index (χ3v) is 4.71. The molecule has 0 unspecified atom stereocenters. The van der Waals surface area contributed by atoms with E-state index in [9.17, 15) is 9.90 Å². The number of amides is 1. The number of aromatic nitrogens is 1. The second kappa shape index (κ2) is 9.17. The van der Waals surface area contributed by atoms with Gasteiger partial charge in [0.05, 0.1) is 6.61 Å². The van der Waals surface area contributed by atoms with Gasteiger partial charge in [0, 0.05) is 28.1 Å². The van der Waals surface area contributed by atoms with Crippen LogP contribution in [0.5, 0.6) is 0 Å². The molecule has 1 heterocycles. The predicted octanol–water partition coefficient (Wildman–Crippen LogP) is 5.47. The predicted molar refractivity (Wildman–Crippen MR) is 121 cm³/mol. The molecule has 5 heteroatoms. The Balaban J connectivity index is 2.60. The van der Waals surface area contributed by atoms with E-state index in [0.29, 0.717) is 0 Å². The first-order valence-corrected chi connectivity index (χ1v) is 10.4. The average molecular weight is 413 g/mol. The van der Waals surface area contributed by atoms with Crippen molar-refractivity contribution in [3.8, 4) is 11.1 Å². The van der Waals surface area contributed by atoms with Crippen molar-refractivity contribution in [2.45, 2.75) is 80.6 Å². The van der Waals surface area contributed by atoms with E-state index < -0.39 is 6.09 Å². The van der Waals surface area contributed by atoms with Crippen LogP contribution >= 0.6 is 0 Å². The maximum absolute atomic E-state index is 12.3. The summed E-state index contributed by atoms with van der Waals surface area (Å²) in [5.41, 5.74) is 6.01. The minimum absolute atomic E-state index is 0.00708. The number of carbonyl (C=O) groups is 1. The van der Waals surface area contributed by atoms with Crippen LogP contribution in [-0.2, 0) is 24.4 Å². The molecule has 0 aliphatic rings. The molecular weight excluding hydrogens is 376 g/mol. The summed E-state index contributed by atoms with van der Waals surface area (Å²) in [6.45, 7) is 16.1. The van der Waals surface area contributed by atoms with Gasteiger partial charge in [0.2, 0.25) is 0 Å². The number of aliphatic hydroxyl groups excluding tert-OH is 1. The van der Waals surface area contributed by atoms with Crippen molar-refractivity contribution in [1.29, 1.82) is 0 Å². The summed E-state index contributed by atoms with van der Waals surface area (Å²) in [5, 5.41) is 13.0. The van der Waals surface area contributed by atoms with E-state index in [4.69, 9.17) is 9.72 Å². The van der Waals surface area contributed by atoms with Crippen LogP contribution in [0.2, 0.25) is 0 Å². The number of nitrogens with zero attached hydrogens (tertiary/aromatic N) is 1. The van der Waals surface area contributed by atoms with Crippen LogP contribution in [0.25, 0.3) is 11.1 Å². The first-order valence-electron chi connectivity index (χ1n) is 10.4. The number of pyridine rings is 1. The minimum Gasteiger partial charge on any atom is -0.445 e. The van der Waals surface area contributed by atoms with E-state index >= 15 is 0 Å². The molecule has 0 saturated heterocycles. The van der Waals surface area contributed by atoms with Crippen LogP contribution < -0.4 is 5.32 Å². The standard InChI is InChI=1S/C25H36N2O3/c1-16-9-11-18(12-10-16)22-19(14-28)17(2)26-21(13-24(3,4)5)20(22)15-30-23(29)27-25(6,7)8/h9-12,28H,13-15H2,1-8H3,(H,27,29). The van der Waals surface area contributed by atoms with Crippen LogP contribution in [-0.4, -0.2) is 21.7 Å². The van der Waals surface area contributed by atoms with E-state index in [0.717, 1.165) is 45.6 Å². The third-order valence-electron chi connectivity index (χ3n) is 4.71. The molecule has 1 aromatic carbocycles. The molecule has 0 spiro atoms. The highest BCUT2D eigenvalue weighted by Crippen LogP contribution is 2.34. The number of hydrogen-bond donors (Lipinski definition) is 2. The van der Waals surface area contributed by atoms with Crippen molar-refractivity contribution in [3.63, 3.8) is 0 Å². The number of ether oxygens (including phenoxy) is 1. The summed E-state index contributed by atoms with van der Waals surface area (Å²) in [4.78, 5) is 17.2. The number of aryl methyl sites for hydroxylation is 2. The summed E-state index contributed by atoms with van der Waals surface area (Å²) < 4.78 is 5.61. The van der Waals surface area contributed by atoms with Gasteiger partial charge in [0.25, 0.3) is 0 Å². The Bertz CT molecular complexity index is 889. The lowest BCUT2D eigenvalue weighted by molar-refractivity contribution is 0.131. The van der Waals surface area contributed by atoms with Crippen molar-refractivity contribution in [2.75, 3.05) is 0 Å². The largest absolute Gasteiger partial charge is 0.445 e. The molecule has 5 nitrogen and oxygen atoms in total. The van der Waals surface area contributed by atoms with Gasteiger partial charge >= 0.3 is 6.09 Å². The topological polar surface area (TPSA) is 71.5 Å². The molecule has 2 N–H and O–H groups in total. The van der Waals surface area contributed by atoms with Gasteiger partial charge in [-0.1, -0.05) is 50.6 Å². The van der Waals surface area contributed by atoms with Crippen LogP contribution in [0.3, 0.4) is 0 Å². The Morgan fingerprint density at radius 3 is 2.13 bits per heavy atom. The average Bonchev–Trinajstić information content (AvgIpc) is 2.58. The second-order valence-electron chi connectivity index (χ2n) is 10.2. The maximum atomic E-state index is 12.3. The zero-order valence-electron chi connectivity index (χ0n) is 19.6. The molecule has 2 rings (SSSR count). The highest BCUT2D eigenvalue weighted by molar-refractivity contribution is 5.74. The first kappa shape index (κ1) is 23.9. The van der Waals surface area contributed by atoms with Gasteiger partial charge in [-0.05, 0) is 57.6 Å². The zero-order chi connectivity index (χ0) is 22.7. The van der Waals surface area contributed by atoms with Gasteiger partial charge in [-0.3, -0.25) is 4.98 Å². The lowest BCUT2D eigenvalue weighted by Gasteiger charge is -2.25. The quantitative estimate of drug-likeness (QED) is 0.683. The van der Waals surface area contributed by atoms with Crippen LogP contribution in [0.1, 0.15) is 69.6 Å². The smallest absolute Gasteiger partial charge is 0.407 e. The molecule has 30 heavy (non-hydrogen) atoms. The van der Waals surface area contributed by atoms with Crippen molar-refractivity contribution in [2.24, 2.45) is 5.41 Å². The molecule has 0 aliphatic carbocycles. The van der Waals surface area contributed by atoms with Crippen LogP contribution in [0.4, 0.5) is 4.79 Å². The number of alkyl carbamates (subject to hydrolysis) is 1. The van der Waals surface area contributed by atoms with E-state index in [2.05, 4.69) is 26.1 Å². The number of benzene rings is 1. The second-order valence-corrected chi connectivity index (χ2v) is 10.2. The monoisotopic (exact) mass is 412 g/mol. The van der Waals surface area contributed by atoms with Gasteiger partial charge in [-0.15, -0.1) is 0 Å². The van der Waals surface area contributed by atoms with E-state index in [-0.39, 0.29) is 24.2 Å². The van der Waals surface area contributed by atoms with Crippen molar-refractivity contribution in [1.82, 2.24) is 10.3 Å². The maximum Gasteiger partial charge on any atom is 0.407 e. The lowest BCUT2D eigenvalue weighted by atomic mass is 9.85. The molecule has 164 valence electrons. The van der Waals surface area contributed by atoms with Gasteiger partial charge in [0.15, 0.2) is 0 Å². The number of rotatable bonds is 5. The summed E-state index contributed by atoms with van der Waals surface area (Å²) in [5.74, 6) is 0. The fourth-order valence-corrected chi connectivity index (χ4v) is 3.39. The Morgan fingerprint density at radius 2 is 1.63 bits per heavy atom. The first-order chi connectivity index (χ1) is 13.8. The minimum atomic E-state index is -0.467. The Kier molecular flexibility index (Phi) is 7.30. The lowest BCUT2D eigenvalue weighted by Crippen LogP contribution is -2.40. The molecule has 1 amide bonds. The fraction of sp³-hybridized carbons (Fsp3) is 0.520. The van der Waals surface area contributed by atoms with Gasteiger partial charge in [-0.25, -0.2) is 4.79 Å². The molecule has 0 fully saturated rings. The number of aliphatic hydroxyl groups is 1. The number of nitrogens with one attached hydrogen (secondary N) is 1. The molecule has 2 aromatic rings. The van der Waals surface area contributed by atoms with Crippen LogP contribution in [0.15, 0.2) is 24.3 Å². The fourth-order valence-electron chi connectivity index (χ4n) is 3.39. The Hall–Kier alpha value is -2.40. The van der Waals surface area contributed by atoms with E-state index in [1.54, 1.807) is 0 Å². The molecule has 0 saturated carbocycles. The van der Waals surface area contributed by atoms with Gasteiger partial charge in [0.1, 0.15) is 6.61 Å². The number of carbonyl (C=O) groups excluding carboxylic acids is 1. The van der Waals surface area contributed by atoms with Crippen molar-refractivity contribution >= 4 is 6.09 Å². The Labute approximate surface area is 180 Å². The molecular formula is C25H36N2O3. The molecule has 0 aliphatic heterocycles. The van der Waals surface area contributed by atoms with Gasteiger partial charge < -0.3 is 15.2 Å². The SMILES string of the molecule is Cc1ccc(-c2c(CO)c(C)nc(CC(C)(C)C)c2COC(=O)NC(C)(C)C)cc1. The molecule has 0 atom stereocenters. The van der Waals surface area contributed by atoms with E-state index in [1.165, 1.54) is 0 Å². The summed E-state index contributed by atoms with van der Waals surface area (Å²) in [6.07, 6.45) is 0.267. The van der Waals surface area contributed by atoms with Crippen molar-refractivity contribution in [3.05, 3.63) is 52.3 Å². The summed E-state index contributed by atoms with van der Waals surface area (Å²) in [7, 11) is 0. The molecule has 1 aromatic heterocycles. The molecule has 0 bridgehead atoms. The molecule has 0 radical (unpaired) electrons. The normalized spacial score (nSPS) is 12.0. The number of hydrogen-bond acceptors (Lipinski definition) is 4. The van der Waals surface area contributed by atoms with Crippen molar-refractivity contribution < 1.29 is 14.6 Å². The van der Waals surface area contributed by atoms with Crippen LogP contribution in [0, 0.1) is 19.3 Å². The van der Waals surface area contributed by atoms with Gasteiger partial charge in [-0.2, -0.15) is 0 Å². The third kappa shape index (κ3) is 6.56.